The zero-order valence-electron chi connectivity index (χ0n) is 7.23. The van der Waals surface area contributed by atoms with Crippen molar-refractivity contribution < 1.29 is 48.4 Å². The fourth-order valence-corrected chi connectivity index (χ4v) is 1.03. The third-order valence-electron chi connectivity index (χ3n) is 0.970. The van der Waals surface area contributed by atoms with E-state index in [0.717, 1.165) is 0 Å². The molecule has 0 atom stereocenters. The van der Waals surface area contributed by atoms with Gasteiger partial charge in [0.2, 0.25) is 5.09 Å². The first-order valence-corrected chi connectivity index (χ1v) is 3.98. The van der Waals surface area contributed by atoms with Crippen LogP contribution in [0.1, 0.15) is 7.19 Å². The van der Waals surface area contributed by atoms with Gasteiger partial charge in [0.1, 0.15) is 5.76 Å². The maximum atomic E-state index is 10.3. The number of hydrogen-bond acceptors (Lipinski definition) is 3. The number of rotatable bonds is 1. The smallest absolute Gasteiger partial charge is 1.00 e. The Kier molecular flexibility index (Phi) is 3.79. The summed E-state index contributed by atoms with van der Waals surface area (Å²) >= 11 is 0. The van der Waals surface area contributed by atoms with Crippen molar-refractivity contribution in [1.29, 1.82) is 0 Å². The van der Waals surface area contributed by atoms with Gasteiger partial charge in [-0.1, -0.05) is 0 Å². The summed E-state index contributed by atoms with van der Waals surface area (Å²) in [4.78, 5) is 0. The summed E-state index contributed by atoms with van der Waals surface area (Å²) in [6.07, 6.45) is 0. The minimum absolute atomic E-state index is 0. The van der Waals surface area contributed by atoms with E-state index in [0.29, 0.717) is 5.76 Å². The summed E-state index contributed by atoms with van der Waals surface area (Å²) in [5.74, 6) is 0.452. The van der Waals surface area contributed by atoms with Gasteiger partial charge in [0.05, 0.1) is 0 Å². The second-order valence-electron chi connectivity index (χ2n) is 1.84. The average molecular weight is 186 g/mol. The predicted molar refractivity (Wildman–Crippen MR) is 34.4 cm³/mol. The van der Waals surface area contributed by atoms with Crippen molar-refractivity contribution in [3.63, 3.8) is 0 Å². The largest absolute Gasteiger partial charge is 1.00 e. The molecule has 58 valence electrons. The standard InChI is InChI=1S/C5H6O4S.Na.H/c1-4-2-3-5(9-4)10(6,7)8;;/h2-3H,1H3,(H,6,7,8);;/q;+1;-1. The number of aryl methyl sites for hydroxylation is 1. The second kappa shape index (κ2) is 3.73. The minimum atomic E-state index is -4.15. The molecule has 0 bridgehead atoms. The summed E-state index contributed by atoms with van der Waals surface area (Å²) in [6, 6.07) is 2.66. The first-order chi connectivity index (χ1) is 4.50. The van der Waals surface area contributed by atoms with Gasteiger partial charge in [-0.2, -0.15) is 8.42 Å². The van der Waals surface area contributed by atoms with E-state index in [9.17, 15) is 8.42 Å². The number of furan rings is 1. The molecule has 0 fully saturated rings. The first kappa shape index (κ1) is 11.2. The Labute approximate surface area is 88.1 Å². The molecule has 1 N–H and O–H groups in total. The van der Waals surface area contributed by atoms with Crippen molar-refractivity contribution >= 4 is 10.1 Å². The normalized spacial score (nSPS) is 10.7. The summed E-state index contributed by atoms with van der Waals surface area (Å²) in [6.45, 7) is 1.59. The molecule has 0 radical (unpaired) electrons. The molecule has 4 nitrogen and oxygen atoms in total. The molecule has 11 heavy (non-hydrogen) atoms. The molecule has 0 aromatic carbocycles. The van der Waals surface area contributed by atoms with E-state index in [1.54, 1.807) is 6.92 Å². The van der Waals surface area contributed by atoms with E-state index < -0.39 is 15.2 Å². The molecular formula is C5H7NaO4S. The van der Waals surface area contributed by atoms with Crippen molar-refractivity contribution in [1.82, 2.24) is 0 Å². The summed E-state index contributed by atoms with van der Waals surface area (Å²) in [7, 11) is -4.15. The van der Waals surface area contributed by atoms with Crippen LogP contribution in [0.15, 0.2) is 21.6 Å². The van der Waals surface area contributed by atoms with Crippen LogP contribution in [0.3, 0.4) is 0 Å². The molecule has 1 rings (SSSR count). The maximum Gasteiger partial charge on any atom is 1.00 e. The van der Waals surface area contributed by atoms with Crippen molar-refractivity contribution in [2.24, 2.45) is 0 Å². The monoisotopic (exact) mass is 186 g/mol. The molecule has 0 aliphatic rings. The first-order valence-electron chi connectivity index (χ1n) is 2.54. The maximum absolute atomic E-state index is 10.3. The van der Waals surface area contributed by atoms with E-state index >= 15 is 0 Å². The van der Waals surface area contributed by atoms with Crippen LogP contribution >= 0.6 is 0 Å². The van der Waals surface area contributed by atoms with Gasteiger partial charge in [0.25, 0.3) is 0 Å². The zero-order valence-corrected chi connectivity index (χ0v) is 9.05. The Balaban J connectivity index is 0. The van der Waals surface area contributed by atoms with Gasteiger partial charge in [-0.05, 0) is 19.1 Å². The molecule has 0 saturated heterocycles. The SMILES string of the molecule is Cc1ccc(S(=O)(=O)O)o1.[H-].[Na+]. The van der Waals surface area contributed by atoms with E-state index in [4.69, 9.17) is 4.55 Å². The quantitative estimate of drug-likeness (QED) is 0.405. The predicted octanol–water partition coefficient (Wildman–Crippen LogP) is -2.05. The molecule has 0 unspecified atom stereocenters. The Bertz CT molecular complexity index is 331. The van der Waals surface area contributed by atoms with E-state index in [1.807, 2.05) is 0 Å². The second-order valence-corrected chi connectivity index (χ2v) is 3.19. The van der Waals surface area contributed by atoms with Crippen LogP contribution < -0.4 is 29.6 Å². The third-order valence-corrected chi connectivity index (χ3v) is 1.70. The van der Waals surface area contributed by atoms with Crippen molar-refractivity contribution in [3.05, 3.63) is 17.9 Å². The Morgan fingerprint density at radius 1 is 1.55 bits per heavy atom. The van der Waals surface area contributed by atoms with Crippen LogP contribution in [0.4, 0.5) is 0 Å². The summed E-state index contributed by atoms with van der Waals surface area (Å²) in [5, 5.41) is -0.412. The fraction of sp³-hybridized carbons (Fsp3) is 0.200. The molecular weight excluding hydrogens is 179 g/mol. The molecule has 1 aromatic rings. The Morgan fingerprint density at radius 3 is 2.27 bits per heavy atom. The minimum Gasteiger partial charge on any atom is -1.00 e. The number of hydrogen-bond donors (Lipinski definition) is 1. The fourth-order valence-electron chi connectivity index (χ4n) is 0.551. The van der Waals surface area contributed by atoms with E-state index in [-0.39, 0.29) is 31.0 Å². The van der Waals surface area contributed by atoms with Crippen LogP contribution in [-0.4, -0.2) is 13.0 Å². The molecule has 0 aliphatic heterocycles. The molecule has 0 aliphatic carbocycles. The van der Waals surface area contributed by atoms with Crippen LogP contribution in [0.2, 0.25) is 0 Å². The van der Waals surface area contributed by atoms with Crippen molar-refractivity contribution in [2.45, 2.75) is 12.0 Å². The molecule has 0 saturated carbocycles. The Hall–Kier alpha value is 0.190. The van der Waals surface area contributed by atoms with Crippen molar-refractivity contribution in [3.8, 4) is 0 Å². The van der Waals surface area contributed by atoms with Crippen LogP contribution in [0, 0.1) is 6.92 Å². The molecule has 1 aromatic heterocycles. The van der Waals surface area contributed by atoms with Gasteiger partial charge in [-0.15, -0.1) is 0 Å². The topological polar surface area (TPSA) is 67.5 Å². The van der Waals surface area contributed by atoms with Crippen molar-refractivity contribution in [2.75, 3.05) is 0 Å². The van der Waals surface area contributed by atoms with Gasteiger partial charge < -0.3 is 5.84 Å². The van der Waals surface area contributed by atoms with Crippen LogP contribution in [0.25, 0.3) is 0 Å². The molecule has 0 spiro atoms. The van der Waals surface area contributed by atoms with Gasteiger partial charge in [-0.25, -0.2) is 0 Å². The average Bonchev–Trinajstić information content (AvgIpc) is 2.11. The van der Waals surface area contributed by atoms with Gasteiger partial charge in [-0.3, -0.25) is 4.55 Å². The van der Waals surface area contributed by atoms with Gasteiger partial charge >= 0.3 is 39.7 Å². The summed E-state index contributed by atoms with van der Waals surface area (Å²) < 4.78 is 33.6. The van der Waals surface area contributed by atoms with Crippen LogP contribution in [-0.2, 0) is 10.1 Å². The van der Waals surface area contributed by atoms with Gasteiger partial charge in [0, 0.05) is 0 Å². The summed E-state index contributed by atoms with van der Waals surface area (Å²) in [5.41, 5.74) is 0. The molecule has 1 heterocycles. The van der Waals surface area contributed by atoms with E-state index in [2.05, 4.69) is 4.42 Å². The molecule has 0 amide bonds. The van der Waals surface area contributed by atoms with Crippen LogP contribution in [0.5, 0.6) is 0 Å². The van der Waals surface area contributed by atoms with Gasteiger partial charge in [0.15, 0.2) is 0 Å². The zero-order chi connectivity index (χ0) is 7.78. The third kappa shape index (κ3) is 2.96. The molecule has 6 heteroatoms. The van der Waals surface area contributed by atoms with E-state index in [1.165, 1.54) is 12.1 Å². The Morgan fingerprint density at radius 2 is 2.09 bits per heavy atom.